The lowest BCUT2D eigenvalue weighted by Gasteiger charge is -2.16. The van der Waals surface area contributed by atoms with E-state index in [2.05, 4.69) is 37.2 Å². The van der Waals surface area contributed by atoms with Gasteiger partial charge in [0.1, 0.15) is 0 Å². The number of rotatable bonds is 5. The van der Waals surface area contributed by atoms with E-state index in [0.29, 0.717) is 16.0 Å². The molecule has 0 aliphatic heterocycles. The van der Waals surface area contributed by atoms with Crippen molar-refractivity contribution in [3.05, 3.63) is 32.7 Å². The van der Waals surface area contributed by atoms with Gasteiger partial charge >= 0.3 is 5.97 Å². The van der Waals surface area contributed by atoms with Crippen LogP contribution >= 0.6 is 31.9 Å². The van der Waals surface area contributed by atoms with Gasteiger partial charge in [-0.15, -0.1) is 0 Å². The summed E-state index contributed by atoms with van der Waals surface area (Å²) in [5.41, 5.74) is 0.513. The zero-order valence-electron chi connectivity index (χ0n) is 10.0. The Morgan fingerprint density at radius 2 is 2.05 bits per heavy atom. The van der Waals surface area contributed by atoms with Crippen LogP contribution < -0.4 is 5.32 Å². The first-order valence-corrected chi connectivity index (χ1v) is 7.53. The zero-order valence-corrected chi connectivity index (χ0v) is 13.2. The Kier molecular flexibility index (Phi) is 4.62. The van der Waals surface area contributed by atoms with Gasteiger partial charge in [0.2, 0.25) is 0 Å². The Bertz CT molecular complexity index is 515. The van der Waals surface area contributed by atoms with Gasteiger partial charge in [-0.2, -0.15) is 0 Å². The van der Waals surface area contributed by atoms with Gasteiger partial charge in [-0.1, -0.05) is 15.9 Å². The number of amides is 1. The summed E-state index contributed by atoms with van der Waals surface area (Å²) in [4.78, 5) is 23.0. The highest BCUT2D eigenvalue weighted by Gasteiger charge is 2.34. The number of carbonyl (C=O) groups excluding carboxylic acids is 1. The van der Waals surface area contributed by atoms with E-state index in [0.717, 1.165) is 17.3 Å². The highest BCUT2D eigenvalue weighted by molar-refractivity contribution is 9.11. The Morgan fingerprint density at radius 1 is 1.37 bits per heavy atom. The van der Waals surface area contributed by atoms with Crippen LogP contribution in [-0.4, -0.2) is 23.0 Å². The molecule has 4 nitrogen and oxygen atoms in total. The summed E-state index contributed by atoms with van der Waals surface area (Å²) in [6, 6.07) is 5.00. The largest absolute Gasteiger partial charge is 0.481 e. The van der Waals surface area contributed by atoms with Crippen molar-refractivity contribution in [2.75, 3.05) is 0 Å². The molecule has 1 saturated carbocycles. The number of carboxylic acids is 1. The minimum atomic E-state index is -0.882. The monoisotopic (exact) mass is 389 g/mol. The van der Waals surface area contributed by atoms with Crippen LogP contribution in [0.4, 0.5) is 0 Å². The lowest BCUT2D eigenvalue weighted by molar-refractivity contribution is -0.137. The van der Waals surface area contributed by atoms with E-state index in [1.54, 1.807) is 18.2 Å². The van der Waals surface area contributed by atoms with Gasteiger partial charge < -0.3 is 10.4 Å². The van der Waals surface area contributed by atoms with Gasteiger partial charge in [0.05, 0.1) is 12.0 Å². The van der Waals surface area contributed by atoms with Gasteiger partial charge in [0, 0.05) is 15.0 Å². The van der Waals surface area contributed by atoms with Crippen LogP contribution in [0.15, 0.2) is 27.1 Å². The summed E-state index contributed by atoms with van der Waals surface area (Å²) >= 11 is 6.66. The van der Waals surface area contributed by atoms with Crippen LogP contribution in [0.1, 0.15) is 29.6 Å². The molecule has 0 heterocycles. The molecule has 1 aromatic carbocycles. The SMILES string of the molecule is O=C(O)CC(NC(=O)c1ccc(Br)cc1Br)C1CC1. The standard InChI is InChI=1S/C13H13Br2NO3/c14-8-3-4-9(10(15)5-8)13(19)16-11(6-12(17)18)7-1-2-7/h3-5,7,11H,1-2,6H2,(H,16,19)(H,17,18). The van der Waals surface area contributed by atoms with Crippen molar-refractivity contribution < 1.29 is 14.7 Å². The molecule has 1 aliphatic carbocycles. The van der Waals surface area contributed by atoms with Crippen molar-refractivity contribution in [3.8, 4) is 0 Å². The number of carboxylic acid groups (broad SMARTS) is 1. The van der Waals surface area contributed by atoms with Crippen molar-refractivity contribution in [1.29, 1.82) is 0 Å². The molecule has 0 saturated heterocycles. The van der Waals surface area contributed by atoms with Crippen molar-refractivity contribution in [2.24, 2.45) is 5.92 Å². The van der Waals surface area contributed by atoms with E-state index in [-0.39, 0.29) is 18.4 Å². The smallest absolute Gasteiger partial charge is 0.305 e. The van der Waals surface area contributed by atoms with E-state index in [4.69, 9.17) is 5.11 Å². The quantitative estimate of drug-likeness (QED) is 0.811. The predicted octanol–water partition coefficient (Wildman–Crippen LogP) is 3.19. The molecule has 19 heavy (non-hydrogen) atoms. The lowest BCUT2D eigenvalue weighted by atomic mass is 10.1. The van der Waals surface area contributed by atoms with Gasteiger partial charge in [-0.25, -0.2) is 0 Å². The first-order chi connectivity index (χ1) is 8.97. The molecule has 0 radical (unpaired) electrons. The van der Waals surface area contributed by atoms with Crippen LogP contribution in [0.5, 0.6) is 0 Å². The van der Waals surface area contributed by atoms with E-state index in [9.17, 15) is 9.59 Å². The molecule has 2 rings (SSSR count). The van der Waals surface area contributed by atoms with Crippen LogP contribution in [0, 0.1) is 5.92 Å². The molecule has 102 valence electrons. The summed E-state index contributed by atoms with van der Waals surface area (Å²) < 4.78 is 1.56. The van der Waals surface area contributed by atoms with Crippen LogP contribution in [0.25, 0.3) is 0 Å². The molecule has 0 aromatic heterocycles. The molecule has 1 aliphatic rings. The van der Waals surface area contributed by atoms with Gasteiger partial charge in [-0.05, 0) is 52.9 Å². The third kappa shape index (κ3) is 4.04. The fourth-order valence-corrected chi connectivity index (χ4v) is 3.17. The summed E-state index contributed by atoms with van der Waals surface area (Å²) in [5.74, 6) is -0.820. The fourth-order valence-electron chi connectivity index (χ4n) is 1.94. The highest BCUT2D eigenvalue weighted by atomic mass is 79.9. The first kappa shape index (κ1) is 14.5. The van der Waals surface area contributed by atoms with Crippen LogP contribution in [-0.2, 0) is 4.79 Å². The topological polar surface area (TPSA) is 66.4 Å². The molecule has 1 fully saturated rings. The average Bonchev–Trinajstić information content (AvgIpc) is 3.10. The second-order valence-electron chi connectivity index (χ2n) is 4.64. The van der Waals surface area contributed by atoms with Crippen LogP contribution in [0.2, 0.25) is 0 Å². The summed E-state index contributed by atoms with van der Waals surface area (Å²) in [6.45, 7) is 0. The van der Waals surface area contributed by atoms with E-state index in [1.807, 2.05) is 0 Å². The second-order valence-corrected chi connectivity index (χ2v) is 6.41. The highest BCUT2D eigenvalue weighted by Crippen LogP contribution is 2.34. The molecule has 0 spiro atoms. The third-order valence-corrected chi connectivity index (χ3v) is 4.23. The Morgan fingerprint density at radius 3 is 2.58 bits per heavy atom. The number of halogens is 2. The molecular weight excluding hydrogens is 378 g/mol. The maximum absolute atomic E-state index is 12.2. The minimum Gasteiger partial charge on any atom is -0.481 e. The number of hydrogen-bond acceptors (Lipinski definition) is 2. The third-order valence-electron chi connectivity index (χ3n) is 3.08. The van der Waals surface area contributed by atoms with Crippen molar-refractivity contribution in [3.63, 3.8) is 0 Å². The summed E-state index contributed by atoms with van der Waals surface area (Å²) in [7, 11) is 0. The molecule has 0 bridgehead atoms. The normalized spacial score (nSPS) is 15.9. The molecule has 2 N–H and O–H groups in total. The van der Waals surface area contributed by atoms with Gasteiger partial charge in [0.15, 0.2) is 0 Å². The Hall–Kier alpha value is -0.880. The number of benzene rings is 1. The van der Waals surface area contributed by atoms with E-state index >= 15 is 0 Å². The van der Waals surface area contributed by atoms with Gasteiger partial charge in [-0.3, -0.25) is 9.59 Å². The number of carbonyl (C=O) groups is 2. The van der Waals surface area contributed by atoms with E-state index in [1.165, 1.54) is 0 Å². The minimum absolute atomic E-state index is 0.0233. The van der Waals surface area contributed by atoms with Crippen molar-refractivity contribution in [2.45, 2.75) is 25.3 Å². The average molecular weight is 391 g/mol. The zero-order chi connectivity index (χ0) is 14.0. The van der Waals surface area contributed by atoms with Crippen molar-refractivity contribution >= 4 is 43.7 Å². The summed E-state index contributed by atoms with van der Waals surface area (Å²) in [5, 5.41) is 11.7. The molecule has 1 amide bonds. The maximum Gasteiger partial charge on any atom is 0.305 e. The molecule has 1 atom stereocenters. The molecule has 1 unspecified atom stereocenters. The predicted molar refractivity (Wildman–Crippen MR) is 78.1 cm³/mol. The molecule has 6 heteroatoms. The van der Waals surface area contributed by atoms with Gasteiger partial charge in [0.25, 0.3) is 5.91 Å². The number of aliphatic carboxylic acids is 1. The Labute approximate surface area is 127 Å². The maximum atomic E-state index is 12.2. The molecular formula is C13H13Br2NO3. The fraction of sp³-hybridized carbons (Fsp3) is 0.385. The Balaban J connectivity index is 2.08. The van der Waals surface area contributed by atoms with Crippen LogP contribution in [0.3, 0.4) is 0 Å². The summed E-state index contributed by atoms with van der Waals surface area (Å²) in [6.07, 6.45) is 1.95. The first-order valence-electron chi connectivity index (χ1n) is 5.95. The number of hydrogen-bond donors (Lipinski definition) is 2. The van der Waals surface area contributed by atoms with Crippen molar-refractivity contribution in [1.82, 2.24) is 5.32 Å². The second kappa shape index (κ2) is 6.05. The number of nitrogens with one attached hydrogen (secondary N) is 1. The molecule has 1 aromatic rings. The lowest BCUT2D eigenvalue weighted by Crippen LogP contribution is -2.38. The van der Waals surface area contributed by atoms with E-state index < -0.39 is 5.97 Å².